The Morgan fingerprint density at radius 3 is 2.61 bits per heavy atom. The molecule has 2 heterocycles. The third kappa shape index (κ3) is 5.56. The molecular formula is C19H12ClF3N4O3S. The van der Waals surface area contributed by atoms with Crippen molar-refractivity contribution in [2.75, 3.05) is 0 Å². The van der Waals surface area contributed by atoms with Crippen molar-refractivity contribution in [2.24, 2.45) is 0 Å². The van der Waals surface area contributed by atoms with Crippen molar-refractivity contribution in [1.29, 1.82) is 0 Å². The number of thioether (sulfide) groups is 1. The third-order valence-electron chi connectivity index (χ3n) is 3.86. The molecule has 0 aliphatic rings. The molecule has 0 radical (unpaired) electrons. The highest BCUT2D eigenvalue weighted by Crippen LogP contribution is 2.31. The Labute approximate surface area is 182 Å². The lowest BCUT2D eigenvalue weighted by Gasteiger charge is -2.06. The zero-order valence-electron chi connectivity index (χ0n) is 15.5. The molecule has 0 N–H and O–H groups in total. The number of aromatic nitrogens is 4. The second-order valence-corrected chi connectivity index (χ2v) is 7.45. The Balaban J connectivity index is 1.33. The van der Waals surface area contributed by atoms with Crippen LogP contribution in [0.25, 0.3) is 11.4 Å². The summed E-state index contributed by atoms with van der Waals surface area (Å²) < 4.78 is 54.7. The van der Waals surface area contributed by atoms with E-state index < -0.39 is 11.7 Å². The fraction of sp³-hybridized carbons (Fsp3) is 0.158. The number of nitrogens with zero attached hydrogens (tertiary/aromatic N) is 4. The van der Waals surface area contributed by atoms with E-state index in [0.29, 0.717) is 10.8 Å². The summed E-state index contributed by atoms with van der Waals surface area (Å²) in [5.74, 6) is 1.34. The van der Waals surface area contributed by atoms with E-state index in [2.05, 4.69) is 20.3 Å². The Bertz CT molecular complexity index is 1160. The van der Waals surface area contributed by atoms with Crippen LogP contribution < -0.4 is 4.74 Å². The molecule has 2 aromatic carbocycles. The number of hydrogen-bond donors (Lipinski definition) is 0. The molecule has 160 valence electrons. The molecule has 0 saturated carbocycles. The van der Waals surface area contributed by atoms with Crippen molar-refractivity contribution in [3.8, 4) is 17.1 Å². The molecule has 0 aliphatic carbocycles. The van der Waals surface area contributed by atoms with Gasteiger partial charge in [-0.05, 0) is 36.4 Å². The van der Waals surface area contributed by atoms with Gasteiger partial charge in [-0.2, -0.15) is 18.2 Å². The Kier molecular flexibility index (Phi) is 6.14. The average molecular weight is 469 g/mol. The van der Waals surface area contributed by atoms with Gasteiger partial charge in [-0.25, -0.2) is 0 Å². The molecule has 4 rings (SSSR count). The first-order chi connectivity index (χ1) is 14.9. The normalized spacial score (nSPS) is 11.6. The third-order valence-corrected chi connectivity index (χ3v) is 4.91. The lowest BCUT2D eigenvalue weighted by atomic mass is 10.1. The number of rotatable bonds is 7. The van der Waals surface area contributed by atoms with Gasteiger partial charge in [0, 0.05) is 10.6 Å². The first kappa shape index (κ1) is 21.2. The van der Waals surface area contributed by atoms with Gasteiger partial charge in [-0.1, -0.05) is 40.7 Å². The van der Waals surface area contributed by atoms with Crippen LogP contribution in [0.3, 0.4) is 0 Å². The minimum Gasteiger partial charge on any atom is -0.484 e. The van der Waals surface area contributed by atoms with Crippen LogP contribution in [0.5, 0.6) is 5.75 Å². The summed E-state index contributed by atoms with van der Waals surface area (Å²) in [5.41, 5.74) is -0.584. The number of alkyl halides is 3. The summed E-state index contributed by atoms with van der Waals surface area (Å²) in [5, 5.41) is 12.4. The summed E-state index contributed by atoms with van der Waals surface area (Å²) in [7, 11) is 0. The van der Waals surface area contributed by atoms with Crippen LogP contribution in [-0.4, -0.2) is 20.3 Å². The average Bonchev–Trinajstić information content (AvgIpc) is 3.41. The van der Waals surface area contributed by atoms with Gasteiger partial charge in [0.15, 0.2) is 6.61 Å². The predicted molar refractivity (Wildman–Crippen MR) is 104 cm³/mol. The highest BCUT2D eigenvalue weighted by atomic mass is 35.5. The molecule has 4 aromatic rings. The molecular weight excluding hydrogens is 457 g/mol. The summed E-state index contributed by atoms with van der Waals surface area (Å²) in [6.07, 6.45) is -4.45. The van der Waals surface area contributed by atoms with Crippen molar-refractivity contribution in [2.45, 2.75) is 23.8 Å². The first-order valence-electron chi connectivity index (χ1n) is 8.70. The first-order valence-corrected chi connectivity index (χ1v) is 10.1. The number of hydrogen-bond acceptors (Lipinski definition) is 8. The van der Waals surface area contributed by atoms with E-state index in [0.717, 1.165) is 23.9 Å². The van der Waals surface area contributed by atoms with Crippen LogP contribution in [-0.2, 0) is 18.5 Å². The smallest absolute Gasteiger partial charge is 0.416 e. The number of ether oxygens (including phenoxy) is 1. The minimum absolute atomic E-state index is 0.0595. The molecule has 12 heteroatoms. The monoisotopic (exact) mass is 468 g/mol. The van der Waals surface area contributed by atoms with Gasteiger partial charge in [0.05, 0.1) is 11.3 Å². The maximum Gasteiger partial charge on any atom is 0.416 e. The maximum absolute atomic E-state index is 12.9. The molecule has 0 spiro atoms. The fourth-order valence-corrected chi connectivity index (χ4v) is 3.16. The number of halogens is 4. The van der Waals surface area contributed by atoms with E-state index in [9.17, 15) is 13.2 Å². The van der Waals surface area contributed by atoms with Gasteiger partial charge in [-0.15, -0.1) is 10.2 Å². The van der Waals surface area contributed by atoms with Crippen molar-refractivity contribution < 1.29 is 26.8 Å². The standard InChI is InChI=1S/C19H12ClF3N4O3S/c20-13-4-6-14(7-5-13)28-9-15-25-26-18(29-15)31-10-16-24-17(27-30-16)11-2-1-3-12(8-11)19(21,22)23/h1-8H,9-10H2. The molecule has 0 fully saturated rings. The van der Waals surface area contributed by atoms with E-state index in [1.807, 2.05) is 0 Å². The van der Waals surface area contributed by atoms with Crippen LogP contribution in [0.2, 0.25) is 5.02 Å². The number of benzene rings is 2. The Morgan fingerprint density at radius 2 is 1.84 bits per heavy atom. The summed E-state index contributed by atoms with van der Waals surface area (Å²) in [4.78, 5) is 4.12. The van der Waals surface area contributed by atoms with Gasteiger partial charge in [0.1, 0.15) is 5.75 Å². The lowest BCUT2D eigenvalue weighted by molar-refractivity contribution is -0.137. The van der Waals surface area contributed by atoms with E-state index >= 15 is 0 Å². The Morgan fingerprint density at radius 1 is 1.03 bits per heavy atom. The van der Waals surface area contributed by atoms with Crippen molar-refractivity contribution in [3.05, 3.63) is 70.9 Å². The van der Waals surface area contributed by atoms with E-state index in [-0.39, 0.29) is 40.8 Å². The quantitative estimate of drug-likeness (QED) is 0.321. The van der Waals surface area contributed by atoms with Crippen molar-refractivity contribution in [3.63, 3.8) is 0 Å². The van der Waals surface area contributed by atoms with Gasteiger partial charge in [0.25, 0.3) is 11.1 Å². The Hall–Kier alpha value is -3.05. The summed E-state index contributed by atoms with van der Waals surface area (Å²) >= 11 is 6.96. The molecule has 31 heavy (non-hydrogen) atoms. The summed E-state index contributed by atoms with van der Waals surface area (Å²) in [6, 6.07) is 11.5. The minimum atomic E-state index is -4.45. The molecule has 0 amide bonds. The highest BCUT2D eigenvalue weighted by Gasteiger charge is 2.30. The van der Waals surface area contributed by atoms with Crippen LogP contribution in [0.1, 0.15) is 17.3 Å². The summed E-state index contributed by atoms with van der Waals surface area (Å²) in [6.45, 7) is 0.0788. The van der Waals surface area contributed by atoms with E-state index in [4.69, 9.17) is 25.3 Å². The van der Waals surface area contributed by atoms with E-state index in [1.54, 1.807) is 24.3 Å². The molecule has 2 aromatic heterocycles. The van der Waals surface area contributed by atoms with Crippen molar-refractivity contribution >= 4 is 23.4 Å². The zero-order valence-corrected chi connectivity index (χ0v) is 17.0. The second-order valence-electron chi connectivity index (χ2n) is 6.08. The second kappa shape index (κ2) is 8.98. The molecule has 0 bridgehead atoms. The molecule has 0 atom stereocenters. The van der Waals surface area contributed by atoms with E-state index in [1.165, 1.54) is 12.1 Å². The molecule has 0 saturated heterocycles. The molecule has 0 aliphatic heterocycles. The maximum atomic E-state index is 12.9. The fourth-order valence-electron chi connectivity index (χ4n) is 2.42. The predicted octanol–water partition coefficient (Wildman–Crippen LogP) is 5.66. The van der Waals surface area contributed by atoms with Gasteiger partial charge in [-0.3, -0.25) is 0 Å². The largest absolute Gasteiger partial charge is 0.484 e. The van der Waals surface area contributed by atoms with Crippen LogP contribution in [0.15, 0.2) is 62.7 Å². The van der Waals surface area contributed by atoms with Crippen LogP contribution in [0, 0.1) is 0 Å². The van der Waals surface area contributed by atoms with Gasteiger partial charge < -0.3 is 13.7 Å². The van der Waals surface area contributed by atoms with Crippen LogP contribution in [0.4, 0.5) is 13.2 Å². The highest BCUT2D eigenvalue weighted by molar-refractivity contribution is 7.98. The zero-order chi connectivity index (χ0) is 21.8. The lowest BCUT2D eigenvalue weighted by Crippen LogP contribution is -2.04. The topological polar surface area (TPSA) is 87.1 Å². The molecule has 0 unspecified atom stereocenters. The van der Waals surface area contributed by atoms with Crippen molar-refractivity contribution in [1.82, 2.24) is 20.3 Å². The van der Waals surface area contributed by atoms with Crippen LogP contribution >= 0.6 is 23.4 Å². The van der Waals surface area contributed by atoms with Gasteiger partial charge >= 0.3 is 6.18 Å². The van der Waals surface area contributed by atoms with Gasteiger partial charge in [0.2, 0.25) is 11.7 Å². The molecule has 7 nitrogen and oxygen atoms in total. The SMILES string of the molecule is FC(F)(F)c1cccc(-c2noc(CSc3nnc(COc4ccc(Cl)cc4)o3)n2)c1.